The summed E-state index contributed by atoms with van der Waals surface area (Å²) in [5.41, 5.74) is 0.955. The maximum absolute atomic E-state index is 13.4. The Morgan fingerprint density at radius 1 is 1.08 bits per heavy atom. The van der Waals surface area contributed by atoms with E-state index in [4.69, 9.17) is 14.2 Å². The van der Waals surface area contributed by atoms with Crippen LogP contribution in [0.4, 0.5) is 9.18 Å². The first-order valence-corrected chi connectivity index (χ1v) is 8.57. The molecule has 26 heavy (non-hydrogen) atoms. The summed E-state index contributed by atoms with van der Waals surface area (Å²) in [7, 11) is 0. The Hall–Kier alpha value is -2.60. The number of carbonyl (C=O) groups is 1. The van der Waals surface area contributed by atoms with Crippen LogP contribution >= 0.6 is 0 Å². The molecule has 0 saturated heterocycles. The smallest absolute Gasteiger partial charge is 0.412 e. The molecule has 0 bridgehead atoms. The number of amides is 1. The highest BCUT2D eigenvalue weighted by Crippen LogP contribution is 2.27. The zero-order chi connectivity index (χ0) is 18.8. The minimum Gasteiger partial charge on any atom is -0.491 e. The van der Waals surface area contributed by atoms with Crippen molar-refractivity contribution in [1.29, 1.82) is 0 Å². The van der Waals surface area contributed by atoms with Gasteiger partial charge in [-0.1, -0.05) is 38.1 Å². The molecular weight excluding hydrogens is 337 g/mol. The summed E-state index contributed by atoms with van der Waals surface area (Å²) < 4.78 is 29.4. The molecule has 0 heterocycles. The highest BCUT2D eigenvalue weighted by atomic mass is 19.1. The summed E-state index contributed by atoms with van der Waals surface area (Å²) in [6.07, 6.45) is -0.530. The zero-order valence-corrected chi connectivity index (χ0v) is 15.0. The van der Waals surface area contributed by atoms with Crippen molar-refractivity contribution in [2.24, 2.45) is 0 Å². The quantitative estimate of drug-likeness (QED) is 0.682. The summed E-state index contributed by atoms with van der Waals surface area (Å²) in [4.78, 5) is 11.6. The van der Waals surface area contributed by atoms with E-state index in [9.17, 15) is 9.18 Å². The molecule has 2 aromatic rings. The predicted octanol–water partition coefficient (Wildman–Crippen LogP) is 4.13. The van der Waals surface area contributed by atoms with Crippen molar-refractivity contribution in [2.75, 3.05) is 26.4 Å². The lowest BCUT2D eigenvalue weighted by Crippen LogP contribution is -2.30. The number of benzene rings is 2. The number of hydrogen-bond acceptors (Lipinski definition) is 4. The molecule has 0 atom stereocenters. The summed E-state index contributed by atoms with van der Waals surface area (Å²) >= 11 is 0. The van der Waals surface area contributed by atoms with Crippen LogP contribution in [0.5, 0.6) is 11.5 Å². The van der Waals surface area contributed by atoms with Crippen LogP contribution in [0.1, 0.15) is 25.3 Å². The second-order valence-electron chi connectivity index (χ2n) is 5.93. The third kappa shape index (κ3) is 6.72. The zero-order valence-electron chi connectivity index (χ0n) is 15.0. The van der Waals surface area contributed by atoms with E-state index in [1.165, 1.54) is 12.1 Å². The molecule has 2 rings (SSSR count). The molecule has 0 aliphatic heterocycles. The van der Waals surface area contributed by atoms with E-state index in [1.54, 1.807) is 30.3 Å². The second-order valence-corrected chi connectivity index (χ2v) is 5.93. The molecule has 2 aromatic carbocycles. The van der Waals surface area contributed by atoms with E-state index in [1.807, 2.05) is 19.9 Å². The first-order valence-electron chi connectivity index (χ1n) is 8.57. The van der Waals surface area contributed by atoms with E-state index >= 15 is 0 Å². The Morgan fingerprint density at radius 2 is 1.85 bits per heavy atom. The lowest BCUT2D eigenvalue weighted by Gasteiger charge is -2.14. The van der Waals surface area contributed by atoms with Crippen molar-refractivity contribution in [3.8, 4) is 11.5 Å². The Kier molecular flexibility index (Phi) is 7.89. The third-order valence-corrected chi connectivity index (χ3v) is 3.55. The molecule has 0 spiro atoms. The van der Waals surface area contributed by atoms with E-state index in [-0.39, 0.29) is 11.7 Å². The van der Waals surface area contributed by atoms with Crippen LogP contribution in [0.25, 0.3) is 0 Å². The summed E-state index contributed by atoms with van der Waals surface area (Å²) in [5, 5.41) is 2.59. The van der Waals surface area contributed by atoms with Crippen molar-refractivity contribution >= 4 is 6.09 Å². The third-order valence-electron chi connectivity index (χ3n) is 3.55. The number of carbonyl (C=O) groups excluding carboxylic acids is 1. The van der Waals surface area contributed by atoms with Crippen LogP contribution in [0, 0.1) is 5.82 Å². The van der Waals surface area contributed by atoms with E-state index in [0.29, 0.717) is 37.9 Å². The minimum atomic E-state index is -0.530. The van der Waals surface area contributed by atoms with Gasteiger partial charge in [0.05, 0.1) is 13.2 Å². The van der Waals surface area contributed by atoms with E-state index in [0.717, 1.165) is 5.56 Å². The fraction of sp³-hybridized carbons (Fsp3) is 0.350. The van der Waals surface area contributed by atoms with Gasteiger partial charge in [-0.05, 0) is 29.7 Å². The van der Waals surface area contributed by atoms with Crippen molar-refractivity contribution in [3.05, 3.63) is 59.9 Å². The maximum Gasteiger partial charge on any atom is 0.412 e. The van der Waals surface area contributed by atoms with Gasteiger partial charge in [-0.15, -0.1) is 0 Å². The Morgan fingerprint density at radius 3 is 2.58 bits per heavy atom. The highest BCUT2D eigenvalue weighted by Gasteiger charge is 2.09. The number of ether oxygens (including phenoxy) is 3. The molecule has 0 aromatic heterocycles. The molecular formula is C20H24FNO4. The molecule has 1 N–H and O–H groups in total. The van der Waals surface area contributed by atoms with E-state index < -0.39 is 6.09 Å². The second kappa shape index (κ2) is 10.4. The standard InChI is InChI=1S/C20H24FNO4/c1-15(2)18-9-8-16(21)14-19(18)25-13-12-24-11-10-22-20(23)26-17-6-4-3-5-7-17/h3-9,14-15H,10-13H2,1-2H3,(H,22,23). The molecule has 0 unspecified atom stereocenters. The van der Waals surface area contributed by atoms with Gasteiger partial charge in [-0.2, -0.15) is 0 Å². The number of rotatable bonds is 9. The summed E-state index contributed by atoms with van der Waals surface area (Å²) in [5.74, 6) is 0.932. The molecule has 0 aliphatic carbocycles. The normalized spacial score (nSPS) is 10.6. The molecule has 5 nitrogen and oxygen atoms in total. The fourth-order valence-corrected chi connectivity index (χ4v) is 2.28. The van der Waals surface area contributed by atoms with Gasteiger partial charge in [0.15, 0.2) is 0 Å². The SMILES string of the molecule is CC(C)c1ccc(F)cc1OCCOCCNC(=O)Oc1ccccc1. The van der Waals surface area contributed by atoms with Crippen LogP contribution in [-0.2, 0) is 4.74 Å². The molecule has 0 fully saturated rings. The molecule has 0 saturated carbocycles. The van der Waals surface area contributed by atoms with Gasteiger partial charge in [-0.3, -0.25) is 0 Å². The van der Waals surface area contributed by atoms with Gasteiger partial charge in [0.2, 0.25) is 0 Å². The number of para-hydroxylation sites is 1. The van der Waals surface area contributed by atoms with Crippen molar-refractivity contribution in [3.63, 3.8) is 0 Å². The molecule has 140 valence electrons. The van der Waals surface area contributed by atoms with Crippen LogP contribution in [-0.4, -0.2) is 32.5 Å². The molecule has 0 radical (unpaired) electrons. The Labute approximate surface area is 153 Å². The van der Waals surface area contributed by atoms with Crippen LogP contribution in [0.15, 0.2) is 48.5 Å². The highest BCUT2D eigenvalue weighted by molar-refractivity contribution is 5.70. The van der Waals surface area contributed by atoms with Crippen molar-refractivity contribution < 1.29 is 23.4 Å². The van der Waals surface area contributed by atoms with Crippen LogP contribution < -0.4 is 14.8 Å². The fourth-order valence-electron chi connectivity index (χ4n) is 2.28. The number of halogens is 1. The van der Waals surface area contributed by atoms with Gasteiger partial charge in [0.25, 0.3) is 0 Å². The lowest BCUT2D eigenvalue weighted by atomic mass is 10.0. The van der Waals surface area contributed by atoms with Gasteiger partial charge in [0.1, 0.15) is 23.9 Å². The summed E-state index contributed by atoms with van der Waals surface area (Å²) in [6.45, 7) is 5.34. The van der Waals surface area contributed by atoms with Gasteiger partial charge in [-0.25, -0.2) is 9.18 Å². The monoisotopic (exact) mass is 361 g/mol. The Balaban J connectivity index is 1.60. The minimum absolute atomic E-state index is 0.242. The van der Waals surface area contributed by atoms with Crippen molar-refractivity contribution in [2.45, 2.75) is 19.8 Å². The maximum atomic E-state index is 13.4. The average molecular weight is 361 g/mol. The Bertz CT molecular complexity index is 691. The largest absolute Gasteiger partial charge is 0.491 e. The topological polar surface area (TPSA) is 56.8 Å². The molecule has 1 amide bonds. The number of hydrogen-bond donors (Lipinski definition) is 1. The predicted molar refractivity (Wildman–Crippen MR) is 97.3 cm³/mol. The van der Waals surface area contributed by atoms with Gasteiger partial charge >= 0.3 is 6.09 Å². The van der Waals surface area contributed by atoms with Crippen LogP contribution in [0.2, 0.25) is 0 Å². The first kappa shape index (κ1) is 19.7. The van der Waals surface area contributed by atoms with Crippen molar-refractivity contribution in [1.82, 2.24) is 5.32 Å². The van der Waals surface area contributed by atoms with Gasteiger partial charge in [0, 0.05) is 12.6 Å². The average Bonchev–Trinajstić information content (AvgIpc) is 2.61. The van der Waals surface area contributed by atoms with Crippen LogP contribution in [0.3, 0.4) is 0 Å². The number of nitrogens with one attached hydrogen (secondary N) is 1. The summed E-state index contributed by atoms with van der Waals surface area (Å²) in [6, 6.07) is 13.4. The van der Waals surface area contributed by atoms with E-state index in [2.05, 4.69) is 5.32 Å². The molecule has 6 heteroatoms. The van der Waals surface area contributed by atoms with Gasteiger partial charge < -0.3 is 19.5 Å². The molecule has 0 aliphatic rings. The lowest BCUT2D eigenvalue weighted by molar-refractivity contribution is 0.101. The first-order chi connectivity index (χ1) is 12.6.